The van der Waals surface area contributed by atoms with E-state index in [1.807, 2.05) is 36.4 Å². The van der Waals surface area contributed by atoms with E-state index in [2.05, 4.69) is 15.9 Å². The van der Waals surface area contributed by atoms with Gasteiger partial charge in [0.25, 0.3) is 0 Å². The summed E-state index contributed by atoms with van der Waals surface area (Å²) in [5.41, 5.74) is 2.19. The van der Waals surface area contributed by atoms with Gasteiger partial charge in [0.2, 0.25) is 0 Å². The van der Waals surface area contributed by atoms with Gasteiger partial charge in [-0.1, -0.05) is 28.1 Å². The number of benzene rings is 2. The van der Waals surface area contributed by atoms with Crippen molar-refractivity contribution in [3.05, 3.63) is 58.1 Å². The van der Waals surface area contributed by atoms with Crippen LogP contribution in [0.5, 0.6) is 0 Å². The van der Waals surface area contributed by atoms with Crippen molar-refractivity contribution < 1.29 is 9.59 Å². The van der Waals surface area contributed by atoms with Crippen LogP contribution in [0.2, 0.25) is 0 Å². The second kappa shape index (κ2) is 5.31. The van der Waals surface area contributed by atoms with Crippen molar-refractivity contribution in [2.24, 2.45) is 0 Å². The largest absolute Gasteiger partial charge is 0.298 e. The summed E-state index contributed by atoms with van der Waals surface area (Å²) in [6, 6.07) is 13.5. The number of fused-ring (bicyclic) bond motifs is 1. The van der Waals surface area contributed by atoms with Crippen LogP contribution < -0.4 is 0 Å². The van der Waals surface area contributed by atoms with E-state index >= 15 is 0 Å². The Kier molecular flexibility index (Phi) is 3.51. The first-order valence-corrected chi connectivity index (χ1v) is 7.56. The number of hydrogen-bond acceptors (Lipinski definition) is 3. The molecule has 1 aromatic heterocycles. The molecule has 0 N–H and O–H groups in total. The molecule has 0 fully saturated rings. The molecule has 0 atom stereocenters. The molecule has 0 spiro atoms. The number of carbonyl (C=O) groups is 2. The van der Waals surface area contributed by atoms with Crippen LogP contribution in [-0.2, 0) is 0 Å². The van der Waals surface area contributed by atoms with Crippen molar-refractivity contribution >= 4 is 49.9 Å². The molecule has 0 aliphatic rings. The average Bonchev–Trinajstić information content (AvgIpc) is 2.90. The van der Waals surface area contributed by atoms with E-state index in [0.717, 1.165) is 37.6 Å². The summed E-state index contributed by atoms with van der Waals surface area (Å²) in [6.45, 7) is 0. The first-order valence-electron chi connectivity index (χ1n) is 5.95. The summed E-state index contributed by atoms with van der Waals surface area (Å²) < 4.78 is 1.98. The van der Waals surface area contributed by atoms with Gasteiger partial charge in [0.05, 0.1) is 0 Å². The number of rotatable bonds is 3. The van der Waals surface area contributed by atoms with Gasteiger partial charge in [-0.3, -0.25) is 9.59 Å². The predicted octanol–water partition coefficient (Wildman–Crippen LogP) is 4.96. The third-order valence-electron chi connectivity index (χ3n) is 3.08. The molecule has 1 heterocycles. The number of aldehydes is 2. The normalized spacial score (nSPS) is 10.7. The Morgan fingerprint density at radius 2 is 1.70 bits per heavy atom. The van der Waals surface area contributed by atoms with E-state index in [1.54, 1.807) is 17.4 Å². The van der Waals surface area contributed by atoms with Gasteiger partial charge in [0.15, 0.2) is 6.29 Å². The molecule has 0 saturated heterocycles. The minimum Gasteiger partial charge on any atom is -0.298 e. The summed E-state index contributed by atoms with van der Waals surface area (Å²) in [5, 5.41) is 0.897. The molecular formula is C16H9BrO2S. The van der Waals surface area contributed by atoms with E-state index in [9.17, 15) is 9.59 Å². The van der Waals surface area contributed by atoms with Crippen molar-refractivity contribution in [1.82, 2.24) is 0 Å². The Morgan fingerprint density at radius 3 is 2.35 bits per heavy atom. The Morgan fingerprint density at radius 1 is 0.950 bits per heavy atom. The molecule has 0 amide bonds. The van der Waals surface area contributed by atoms with Crippen LogP contribution in [0.15, 0.2) is 46.9 Å². The maximum absolute atomic E-state index is 11.2. The number of carbonyl (C=O) groups excluding carboxylic acids is 2. The topological polar surface area (TPSA) is 34.1 Å². The minimum atomic E-state index is 0.531. The van der Waals surface area contributed by atoms with E-state index in [0.29, 0.717) is 11.1 Å². The Bertz CT molecular complexity index is 803. The van der Waals surface area contributed by atoms with Gasteiger partial charge in [0, 0.05) is 30.6 Å². The molecule has 3 rings (SSSR count). The molecule has 98 valence electrons. The summed E-state index contributed by atoms with van der Waals surface area (Å²) in [7, 11) is 0. The van der Waals surface area contributed by atoms with Crippen LogP contribution in [0.4, 0.5) is 0 Å². The summed E-state index contributed by atoms with van der Waals surface area (Å²) in [4.78, 5) is 23.2. The third-order valence-corrected chi connectivity index (χ3v) is 4.74. The standard InChI is InChI=1S/C16H9BrO2S/c17-13-3-1-11(2-4-13)15-7-14-12(9-19)5-10(8-18)6-16(14)20-15/h1-9H. The van der Waals surface area contributed by atoms with E-state index in [4.69, 9.17) is 0 Å². The molecule has 4 heteroatoms. The predicted molar refractivity (Wildman–Crippen MR) is 85.7 cm³/mol. The maximum atomic E-state index is 11.2. The Balaban J connectivity index is 2.21. The fraction of sp³-hybridized carbons (Fsp3) is 0. The molecule has 0 saturated carbocycles. The molecule has 0 aliphatic carbocycles. The zero-order chi connectivity index (χ0) is 14.1. The lowest BCUT2D eigenvalue weighted by Gasteiger charge is -1.96. The highest BCUT2D eigenvalue weighted by Gasteiger charge is 2.09. The molecule has 0 unspecified atom stereocenters. The summed E-state index contributed by atoms with van der Waals surface area (Å²) in [6.07, 6.45) is 1.57. The fourth-order valence-corrected chi connectivity index (χ4v) is 3.52. The maximum Gasteiger partial charge on any atom is 0.150 e. The third kappa shape index (κ3) is 2.32. The van der Waals surface area contributed by atoms with Gasteiger partial charge in [-0.25, -0.2) is 0 Å². The van der Waals surface area contributed by atoms with Crippen LogP contribution in [0.1, 0.15) is 20.7 Å². The van der Waals surface area contributed by atoms with Crippen LogP contribution in [-0.4, -0.2) is 12.6 Å². The molecular weight excluding hydrogens is 336 g/mol. The zero-order valence-electron chi connectivity index (χ0n) is 10.3. The van der Waals surface area contributed by atoms with Crippen LogP contribution in [0.3, 0.4) is 0 Å². The van der Waals surface area contributed by atoms with Gasteiger partial charge in [-0.2, -0.15) is 0 Å². The smallest absolute Gasteiger partial charge is 0.150 e. The summed E-state index contributed by atoms with van der Waals surface area (Å²) >= 11 is 4.99. The Labute approximate surface area is 128 Å². The van der Waals surface area contributed by atoms with E-state index in [1.165, 1.54) is 0 Å². The monoisotopic (exact) mass is 344 g/mol. The lowest BCUT2D eigenvalue weighted by molar-refractivity contribution is 0.112. The highest BCUT2D eigenvalue weighted by Crippen LogP contribution is 2.35. The van der Waals surface area contributed by atoms with Crippen molar-refractivity contribution in [3.8, 4) is 10.4 Å². The first-order chi connectivity index (χ1) is 9.71. The SMILES string of the molecule is O=Cc1cc(C=O)c2cc(-c3ccc(Br)cc3)sc2c1. The number of thiophene rings is 1. The van der Waals surface area contributed by atoms with Gasteiger partial charge in [-0.05, 0) is 35.9 Å². The first kappa shape index (κ1) is 13.2. The van der Waals surface area contributed by atoms with Crippen LogP contribution in [0.25, 0.3) is 20.5 Å². The van der Waals surface area contributed by atoms with Gasteiger partial charge in [0.1, 0.15) is 6.29 Å². The molecule has 0 bridgehead atoms. The Hall–Kier alpha value is -1.78. The van der Waals surface area contributed by atoms with Crippen LogP contribution in [0, 0.1) is 0 Å². The molecule has 2 nitrogen and oxygen atoms in total. The average molecular weight is 345 g/mol. The van der Waals surface area contributed by atoms with Crippen molar-refractivity contribution in [2.75, 3.05) is 0 Å². The van der Waals surface area contributed by atoms with Gasteiger partial charge < -0.3 is 0 Å². The molecule has 20 heavy (non-hydrogen) atoms. The summed E-state index contributed by atoms with van der Waals surface area (Å²) in [5.74, 6) is 0. The van der Waals surface area contributed by atoms with Crippen LogP contribution >= 0.6 is 27.3 Å². The fourth-order valence-electron chi connectivity index (χ4n) is 2.11. The van der Waals surface area contributed by atoms with Crippen molar-refractivity contribution in [2.45, 2.75) is 0 Å². The van der Waals surface area contributed by atoms with Crippen molar-refractivity contribution in [3.63, 3.8) is 0 Å². The second-order valence-electron chi connectivity index (χ2n) is 4.38. The van der Waals surface area contributed by atoms with Gasteiger partial charge >= 0.3 is 0 Å². The second-order valence-corrected chi connectivity index (χ2v) is 6.37. The lowest BCUT2D eigenvalue weighted by atomic mass is 10.1. The molecule has 0 aliphatic heterocycles. The molecule has 0 radical (unpaired) electrons. The number of halogens is 1. The number of hydrogen-bond donors (Lipinski definition) is 0. The minimum absolute atomic E-state index is 0.531. The zero-order valence-corrected chi connectivity index (χ0v) is 12.7. The molecule has 2 aromatic carbocycles. The van der Waals surface area contributed by atoms with Crippen molar-refractivity contribution in [1.29, 1.82) is 0 Å². The highest BCUT2D eigenvalue weighted by atomic mass is 79.9. The molecule has 3 aromatic rings. The quantitative estimate of drug-likeness (QED) is 0.629. The lowest BCUT2D eigenvalue weighted by Crippen LogP contribution is -1.85. The van der Waals surface area contributed by atoms with Gasteiger partial charge in [-0.15, -0.1) is 11.3 Å². The van der Waals surface area contributed by atoms with E-state index in [-0.39, 0.29) is 0 Å². The van der Waals surface area contributed by atoms with E-state index < -0.39 is 0 Å². The highest BCUT2D eigenvalue weighted by molar-refractivity contribution is 9.10.